The first-order valence-corrected chi connectivity index (χ1v) is 7.16. The van der Waals surface area contributed by atoms with Crippen LogP contribution in [0.5, 0.6) is 5.75 Å². The molecule has 0 amide bonds. The highest BCUT2D eigenvalue weighted by atomic mass is 35.5. The fraction of sp³-hybridized carbons (Fsp3) is 0.462. The van der Waals surface area contributed by atoms with Crippen molar-refractivity contribution in [3.63, 3.8) is 0 Å². The molecule has 0 heterocycles. The van der Waals surface area contributed by atoms with Crippen molar-refractivity contribution < 1.29 is 14.3 Å². The van der Waals surface area contributed by atoms with Crippen molar-refractivity contribution in [3.8, 4) is 5.75 Å². The standard InChI is InChI=1S/C13H13Cl3O3/c14-8-5-10(15)13(11(16)6-8)19-12(17)7-18-9-3-1-2-4-9/h5-6,9H,1-4,7H2. The van der Waals surface area contributed by atoms with Gasteiger partial charge in [-0.15, -0.1) is 0 Å². The number of ether oxygens (including phenoxy) is 2. The van der Waals surface area contributed by atoms with Crippen molar-refractivity contribution in [3.05, 3.63) is 27.2 Å². The van der Waals surface area contributed by atoms with E-state index in [1.54, 1.807) is 0 Å². The van der Waals surface area contributed by atoms with Crippen molar-refractivity contribution in [2.24, 2.45) is 0 Å². The van der Waals surface area contributed by atoms with Gasteiger partial charge in [0.1, 0.15) is 6.61 Å². The SMILES string of the molecule is O=C(COC1CCCC1)Oc1c(Cl)cc(Cl)cc1Cl. The Hall–Kier alpha value is -0.480. The van der Waals surface area contributed by atoms with E-state index in [4.69, 9.17) is 44.3 Å². The predicted octanol–water partition coefficient (Wildman–Crippen LogP) is 4.51. The van der Waals surface area contributed by atoms with E-state index in [0.717, 1.165) is 25.7 Å². The van der Waals surface area contributed by atoms with E-state index < -0.39 is 5.97 Å². The lowest BCUT2D eigenvalue weighted by Crippen LogP contribution is -2.20. The molecule has 104 valence electrons. The zero-order valence-corrected chi connectivity index (χ0v) is 12.4. The number of carbonyl (C=O) groups excluding carboxylic acids is 1. The largest absolute Gasteiger partial charge is 0.422 e. The summed E-state index contributed by atoms with van der Waals surface area (Å²) in [6.07, 6.45) is 4.44. The second-order valence-electron chi connectivity index (χ2n) is 4.39. The van der Waals surface area contributed by atoms with E-state index in [9.17, 15) is 4.79 Å². The van der Waals surface area contributed by atoms with Gasteiger partial charge in [0.2, 0.25) is 0 Å². The van der Waals surface area contributed by atoms with Crippen LogP contribution in [0.1, 0.15) is 25.7 Å². The van der Waals surface area contributed by atoms with Gasteiger partial charge in [0.05, 0.1) is 16.1 Å². The fourth-order valence-electron chi connectivity index (χ4n) is 2.01. The number of esters is 1. The fourth-order valence-corrected chi connectivity index (χ4v) is 2.90. The highest BCUT2D eigenvalue weighted by Crippen LogP contribution is 2.35. The molecule has 0 aliphatic heterocycles. The number of halogens is 3. The Morgan fingerprint density at radius 1 is 1.16 bits per heavy atom. The van der Waals surface area contributed by atoms with Gasteiger partial charge in [0.25, 0.3) is 0 Å². The molecule has 19 heavy (non-hydrogen) atoms. The summed E-state index contributed by atoms with van der Waals surface area (Å²) in [4.78, 5) is 11.7. The maximum absolute atomic E-state index is 11.7. The minimum atomic E-state index is -0.516. The Morgan fingerprint density at radius 2 is 1.74 bits per heavy atom. The maximum atomic E-state index is 11.7. The van der Waals surface area contributed by atoms with Crippen LogP contribution in [0.4, 0.5) is 0 Å². The molecule has 0 radical (unpaired) electrons. The van der Waals surface area contributed by atoms with Gasteiger partial charge in [0.15, 0.2) is 5.75 Å². The molecule has 1 saturated carbocycles. The number of benzene rings is 1. The third kappa shape index (κ3) is 4.25. The van der Waals surface area contributed by atoms with Crippen molar-refractivity contribution in [2.75, 3.05) is 6.61 Å². The lowest BCUT2D eigenvalue weighted by atomic mass is 10.3. The van der Waals surface area contributed by atoms with E-state index in [1.807, 2.05) is 0 Å². The first kappa shape index (κ1) is 14.9. The Balaban J connectivity index is 1.91. The van der Waals surface area contributed by atoms with Crippen LogP contribution >= 0.6 is 34.8 Å². The van der Waals surface area contributed by atoms with Gasteiger partial charge in [-0.3, -0.25) is 0 Å². The summed E-state index contributed by atoms with van der Waals surface area (Å²) in [5.41, 5.74) is 0. The van der Waals surface area contributed by atoms with E-state index >= 15 is 0 Å². The van der Waals surface area contributed by atoms with Crippen LogP contribution in [0.15, 0.2) is 12.1 Å². The molecule has 3 nitrogen and oxygen atoms in total. The van der Waals surface area contributed by atoms with E-state index in [-0.39, 0.29) is 28.5 Å². The maximum Gasteiger partial charge on any atom is 0.337 e. The molecule has 2 rings (SSSR count). The number of hydrogen-bond donors (Lipinski definition) is 0. The first-order valence-electron chi connectivity index (χ1n) is 6.03. The molecular weight excluding hydrogens is 310 g/mol. The molecule has 0 aromatic heterocycles. The molecule has 0 unspecified atom stereocenters. The average Bonchev–Trinajstić information content (AvgIpc) is 2.84. The van der Waals surface area contributed by atoms with E-state index in [0.29, 0.717) is 5.02 Å². The van der Waals surface area contributed by atoms with Gasteiger partial charge in [0, 0.05) is 5.02 Å². The van der Waals surface area contributed by atoms with Gasteiger partial charge in [-0.1, -0.05) is 47.6 Å². The highest BCUT2D eigenvalue weighted by Gasteiger charge is 2.19. The van der Waals surface area contributed by atoms with Crippen molar-refractivity contribution in [1.29, 1.82) is 0 Å². The smallest absolute Gasteiger partial charge is 0.337 e. The zero-order chi connectivity index (χ0) is 13.8. The summed E-state index contributed by atoms with van der Waals surface area (Å²) in [5.74, 6) is -0.397. The molecule has 1 aromatic rings. The summed E-state index contributed by atoms with van der Waals surface area (Å²) >= 11 is 17.6. The van der Waals surface area contributed by atoms with Gasteiger partial charge >= 0.3 is 5.97 Å². The second kappa shape index (κ2) is 6.80. The molecule has 0 atom stereocenters. The molecular formula is C13H13Cl3O3. The number of rotatable bonds is 4. The van der Waals surface area contributed by atoms with Crippen molar-refractivity contribution >= 4 is 40.8 Å². The summed E-state index contributed by atoms with van der Waals surface area (Å²) in [5, 5.41) is 0.787. The van der Waals surface area contributed by atoms with Crippen LogP contribution in [0.25, 0.3) is 0 Å². The summed E-state index contributed by atoms with van der Waals surface area (Å²) in [7, 11) is 0. The van der Waals surface area contributed by atoms with Gasteiger partial charge in [-0.2, -0.15) is 0 Å². The van der Waals surface area contributed by atoms with E-state index in [2.05, 4.69) is 0 Å². The minimum Gasteiger partial charge on any atom is -0.422 e. The molecule has 0 saturated heterocycles. The van der Waals surface area contributed by atoms with Crippen LogP contribution in [0.3, 0.4) is 0 Å². The van der Waals surface area contributed by atoms with Crippen LogP contribution in [-0.4, -0.2) is 18.7 Å². The third-order valence-corrected chi connectivity index (χ3v) is 3.70. The molecule has 0 bridgehead atoms. The third-order valence-electron chi connectivity index (χ3n) is 2.92. The minimum absolute atomic E-state index is 0.0973. The Kier molecular flexibility index (Phi) is 5.34. The van der Waals surface area contributed by atoms with Crippen LogP contribution in [-0.2, 0) is 9.53 Å². The molecule has 1 aliphatic carbocycles. The lowest BCUT2D eigenvalue weighted by Gasteiger charge is -2.12. The Morgan fingerprint density at radius 3 is 2.32 bits per heavy atom. The molecule has 1 fully saturated rings. The zero-order valence-electron chi connectivity index (χ0n) is 10.1. The van der Waals surface area contributed by atoms with Gasteiger partial charge in [-0.05, 0) is 25.0 Å². The summed E-state index contributed by atoms with van der Waals surface area (Å²) in [6, 6.07) is 2.94. The van der Waals surface area contributed by atoms with Crippen molar-refractivity contribution in [2.45, 2.75) is 31.8 Å². The van der Waals surface area contributed by atoms with Gasteiger partial charge < -0.3 is 9.47 Å². The number of carbonyl (C=O) groups is 1. The monoisotopic (exact) mass is 322 g/mol. The molecule has 1 aromatic carbocycles. The van der Waals surface area contributed by atoms with Crippen LogP contribution in [0, 0.1) is 0 Å². The lowest BCUT2D eigenvalue weighted by molar-refractivity contribution is -0.141. The van der Waals surface area contributed by atoms with Gasteiger partial charge in [-0.25, -0.2) is 4.79 Å². The molecule has 6 heteroatoms. The quantitative estimate of drug-likeness (QED) is 0.604. The summed E-state index contributed by atoms with van der Waals surface area (Å²) in [6.45, 7) is -0.0973. The molecule has 1 aliphatic rings. The van der Waals surface area contributed by atoms with Crippen molar-refractivity contribution in [1.82, 2.24) is 0 Å². The predicted molar refractivity (Wildman–Crippen MR) is 75.3 cm³/mol. The van der Waals surface area contributed by atoms with Crippen LogP contribution < -0.4 is 4.74 Å². The Labute approximate surface area is 126 Å². The second-order valence-corrected chi connectivity index (χ2v) is 5.64. The Bertz CT molecular complexity index is 447. The average molecular weight is 324 g/mol. The number of hydrogen-bond acceptors (Lipinski definition) is 3. The topological polar surface area (TPSA) is 35.5 Å². The molecule has 0 N–H and O–H groups in total. The van der Waals surface area contributed by atoms with Crippen LogP contribution in [0.2, 0.25) is 15.1 Å². The first-order chi connectivity index (χ1) is 9.06. The van der Waals surface area contributed by atoms with E-state index in [1.165, 1.54) is 12.1 Å². The molecule has 0 spiro atoms. The normalized spacial score (nSPS) is 15.7. The highest BCUT2D eigenvalue weighted by molar-refractivity contribution is 6.40. The summed E-state index contributed by atoms with van der Waals surface area (Å²) < 4.78 is 10.6.